The third-order valence-corrected chi connectivity index (χ3v) is 3.81. The molecule has 2 heterocycles. The molecule has 0 amide bonds. The van der Waals surface area contributed by atoms with Gasteiger partial charge in [-0.1, -0.05) is 0 Å². The van der Waals surface area contributed by atoms with E-state index in [2.05, 4.69) is 24.8 Å². The van der Waals surface area contributed by atoms with Gasteiger partial charge in [-0.05, 0) is 24.4 Å². The zero-order chi connectivity index (χ0) is 13.4. The monoisotopic (exact) mass is 282 g/mol. The molecule has 2 aliphatic rings. The highest BCUT2D eigenvalue weighted by atomic mass is 35.5. The van der Waals surface area contributed by atoms with Crippen molar-refractivity contribution >= 4 is 23.5 Å². The van der Waals surface area contributed by atoms with E-state index in [1.54, 1.807) is 0 Å². The summed E-state index contributed by atoms with van der Waals surface area (Å²) in [5, 5.41) is 0.262. The van der Waals surface area contributed by atoms with Gasteiger partial charge >= 0.3 is 0 Å². The zero-order valence-corrected chi connectivity index (χ0v) is 12.1. The minimum absolute atomic E-state index is 0.262. The summed E-state index contributed by atoms with van der Waals surface area (Å²) in [5.74, 6) is 1.30. The second kappa shape index (κ2) is 5.09. The molecule has 0 unspecified atom stereocenters. The fraction of sp³-hybridized carbons (Fsp3) is 0.750. The Hall–Kier alpha value is -1.14. The summed E-state index contributed by atoms with van der Waals surface area (Å²) in [6, 6.07) is 0.835. The summed E-state index contributed by atoms with van der Waals surface area (Å²) < 4.78 is 0. The van der Waals surface area contributed by atoms with E-state index in [0.29, 0.717) is 11.9 Å². The van der Waals surface area contributed by atoms with E-state index < -0.39 is 0 Å². The van der Waals surface area contributed by atoms with Crippen LogP contribution in [0.15, 0.2) is 0 Å². The van der Waals surface area contributed by atoms with Crippen molar-refractivity contribution < 1.29 is 0 Å². The number of hydrogen-bond donors (Lipinski definition) is 0. The number of halogens is 1. The molecule has 104 valence electrons. The van der Waals surface area contributed by atoms with Gasteiger partial charge < -0.3 is 9.80 Å². The second-order valence-electron chi connectivity index (χ2n) is 5.35. The summed E-state index contributed by atoms with van der Waals surface area (Å²) in [5.41, 5.74) is 0. The topological polar surface area (TPSA) is 48.4 Å². The summed E-state index contributed by atoms with van der Waals surface area (Å²) >= 11 is 5.98. The molecule has 0 N–H and O–H groups in total. The van der Waals surface area contributed by atoms with Gasteiger partial charge in [0.15, 0.2) is 0 Å². The van der Waals surface area contributed by atoms with E-state index in [-0.39, 0.29) is 5.28 Å². The highest BCUT2D eigenvalue weighted by Gasteiger charge is 2.31. The molecule has 6 nitrogen and oxygen atoms in total. The van der Waals surface area contributed by atoms with Gasteiger partial charge in [0.2, 0.25) is 17.2 Å². The van der Waals surface area contributed by atoms with E-state index in [4.69, 9.17) is 11.6 Å². The molecular weight excluding hydrogens is 264 g/mol. The first kappa shape index (κ1) is 12.9. The van der Waals surface area contributed by atoms with Crippen LogP contribution in [0.4, 0.5) is 11.9 Å². The van der Waals surface area contributed by atoms with E-state index in [1.165, 1.54) is 12.8 Å². The Bertz CT molecular complexity index is 454. The van der Waals surface area contributed by atoms with Crippen molar-refractivity contribution in [2.75, 3.05) is 50.1 Å². The summed E-state index contributed by atoms with van der Waals surface area (Å²) in [7, 11) is 3.81. The molecule has 0 radical (unpaired) electrons. The summed E-state index contributed by atoms with van der Waals surface area (Å²) in [6.07, 6.45) is 2.73. The standard InChI is InChI=1S/C12H19ClN6/c1-17(2)11-14-10(13)15-12(16-11)19-7-5-18(6-8-19)9-3-4-9/h9H,3-8H2,1-2H3. The molecule has 1 saturated heterocycles. The van der Waals surface area contributed by atoms with Crippen LogP contribution in [0, 0.1) is 0 Å². The lowest BCUT2D eigenvalue weighted by Gasteiger charge is -2.34. The van der Waals surface area contributed by atoms with Crippen LogP contribution in [0.5, 0.6) is 0 Å². The Labute approximate surface area is 118 Å². The van der Waals surface area contributed by atoms with Gasteiger partial charge in [0.1, 0.15) is 0 Å². The first-order chi connectivity index (χ1) is 9.13. The minimum atomic E-state index is 0.262. The SMILES string of the molecule is CN(C)c1nc(Cl)nc(N2CCN(C3CC3)CC2)n1. The van der Waals surface area contributed by atoms with Gasteiger partial charge in [-0.3, -0.25) is 4.90 Å². The van der Waals surface area contributed by atoms with Gasteiger partial charge in [0, 0.05) is 46.3 Å². The molecule has 1 aliphatic carbocycles. The highest BCUT2D eigenvalue weighted by Crippen LogP contribution is 2.28. The maximum atomic E-state index is 5.98. The van der Waals surface area contributed by atoms with E-state index >= 15 is 0 Å². The minimum Gasteiger partial charge on any atom is -0.347 e. The van der Waals surface area contributed by atoms with E-state index in [0.717, 1.165) is 32.2 Å². The fourth-order valence-electron chi connectivity index (χ4n) is 2.40. The first-order valence-corrected chi connectivity index (χ1v) is 7.09. The predicted octanol–water partition coefficient (Wildman–Crippen LogP) is 0.875. The molecule has 2 fully saturated rings. The van der Waals surface area contributed by atoms with Gasteiger partial charge in [-0.15, -0.1) is 0 Å². The van der Waals surface area contributed by atoms with Crippen LogP contribution in [-0.2, 0) is 0 Å². The maximum Gasteiger partial charge on any atom is 0.231 e. The fourth-order valence-corrected chi connectivity index (χ4v) is 2.55. The van der Waals surface area contributed by atoms with Gasteiger partial charge in [-0.2, -0.15) is 15.0 Å². The lowest BCUT2D eigenvalue weighted by atomic mass is 10.3. The van der Waals surface area contributed by atoms with Crippen molar-refractivity contribution in [2.24, 2.45) is 0 Å². The van der Waals surface area contributed by atoms with Crippen LogP contribution >= 0.6 is 11.6 Å². The number of rotatable bonds is 3. The van der Waals surface area contributed by atoms with Crippen molar-refractivity contribution in [3.8, 4) is 0 Å². The van der Waals surface area contributed by atoms with E-state index in [9.17, 15) is 0 Å². The molecule has 3 rings (SSSR count). The van der Waals surface area contributed by atoms with Crippen LogP contribution in [-0.4, -0.2) is 66.2 Å². The lowest BCUT2D eigenvalue weighted by Crippen LogP contribution is -2.47. The van der Waals surface area contributed by atoms with Crippen LogP contribution in [0.1, 0.15) is 12.8 Å². The van der Waals surface area contributed by atoms with E-state index in [1.807, 2.05) is 19.0 Å². The average Bonchev–Trinajstić information content (AvgIpc) is 3.22. The zero-order valence-electron chi connectivity index (χ0n) is 11.4. The van der Waals surface area contributed by atoms with Gasteiger partial charge in [0.25, 0.3) is 0 Å². The molecule has 1 aliphatic heterocycles. The van der Waals surface area contributed by atoms with Crippen LogP contribution in [0.25, 0.3) is 0 Å². The van der Waals surface area contributed by atoms with Gasteiger partial charge in [0.05, 0.1) is 0 Å². The van der Waals surface area contributed by atoms with Crippen molar-refractivity contribution in [2.45, 2.75) is 18.9 Å². The molecule has 19 heavy (non-hydrogen) atoms. The number of anilines is 2. The van der Waals surface area contributed by atoms with Crippen molar-refractivity contribution in [1.82, 2.24) is 19.9 Å². The van der Waals surface area contributed by atoms with Gasteiger partial charge in [-0.25, -0.2) is 0 Å². The Morgan fingerprint density at radius 1 is 1.05 bits per heavy atom. The Kier molecular flexibility index (Phi) is 3.45. The number of aromatic nitrogens is 3. The number of piperazine rings is 1. The number of hydrogen-bond acceptors (Lipinski definition) is 6. The lowest BCUT2D eigenvalue weighted by molar-refractivity contribution is 0.247. The third kappa shape index (κ3) is 2.90. The molecule has 1 aromatic heterocycles. The smallest absolute Gasteiger partial charge is 0.231 e. The predicted molar refractivity (Wildman–Crippen MR) is 76.0 cm³/mol. The molecule has 7 heteroatoms. The van der Waals surface area contributed by atoms with Crippen molar-refractivity contribution in [3.05, 3.63) is 5.28 Å². The summed E-state index contributed by atoms with van der Waals surface area (Å²) in [6.45, 7) is 4.10. The Morgan fingerprint density at radius 3 is 2.32 bits per heavy atom. The largest absolute Gasteiger partial charge is 0.347 e. The Morgan fingerprint density at radius 2 is 1.74 bits per heavy atom. The molecule has 0 atom stereocenters. The summed E-state index contributed by atoms with van der Waals surface area (Å²) in [4.78, 5) is 19.4. The molecule has 0 bridgehead atoms. The molecule has 1 saturated carbocycles. The molecule has 1 aromatic rings. The third-order valence-electron chi connectivity index (χ3n) is 3.64. The molecule has 0 aromatic carbocycles. The number of nitrogens with zero attached hydrogens (tertiary/aromatic N) is 6. The molecule has 0 spiro atoms. The van der Waals surface area contributed by atoms with Crippen LogP contribution in [0.2, 0.25) is 5.28 Å². The maximum absolute atomic E-state index is 5.98. The normalized spacial score (nSPS) is 20.7. The highest BCUT2D eigenvalue weighted by molar-refractivity contribution is 6.28. The quantitative estimate of drug-likeness (QED) is 0.820. The van der Waals surface area contributed by atoms with Crippen LogP contribution in [0.3, 0.4) is 0 Å². The van der Waals surface area contributed by atoms with Crippen molar-refractivity contribution in [1.29, 1.82) is 0 Å². The average molecular weight is 283 g/mol. The Balaban J connectivity index is 1.71. The first-order valence-electron chi connectivity index (χ1n) is 6.71. The van der Waals surface area contributed by atoms with Crippen molar-refractivity contribution in [3.63, 3.8) is 0 Å². The molecular formula is C12H19ClN6. The second-order valence-corrected chi connectivity index (χ2v) is 5.69. The van der Waals surface area contributed by atoms with Crippen LogP contribution < -0.4 is 9.80 Å².